The number of ether oxygens (including phenoxy) is 1. The summed E-state index contributed by atoms with van der Waals surface area (Å²) in [5, 5.41) is 2.89. The molecular formula is C18H20N2O3. The van der Waals surface area contributed by atoms with Gasteiger partial charge in [-0.2, -0.15) is 0 Å². The van der Waals surface area contributed by atoms with Gasteiger partial charge in [0.15, 0.2) is 11.9 Å². The number of Topliss-reactive ketones (excluding diaryl/α,β-unsaturated/α-hetero) is 1. The van der Waals surface area contributed by atoms with Crippen molar-refractivity contribution in [2.45, 2.75) is 32.9 Å². The zero-order valence-electron chi connectivity index (χ0n) is 13.4. The number of nitrogens with zero attached hydrogens (tertiary/aromatic N) is 1. The number of pyridine rings is 1. The molecule has 2 rings (SSSR count). The number of benzene rings is 1. The molecule has 1 heterocycles. The third kappa shape index (κ3) is 4.64. The molecule has 2 atom stereocenters. The molecule has 1 N–H and O–H groups in total. The van der Waals surface area contributed by atoms with Crippen LogP contribution in [0.25, 0.3) is 0 Å². The molecule has 1 aromatic carbocycles. The highest BCUT2D eigenvalue weighted by atomic mass is 16.5. The molecule has 23 heavy (non-hydrogen) atoms. The normalized spacial score (nSPS) is 13.0. The average Bonchev–Trinajstić information content (AvgIpc) is 2.55. The fraction of sp³-hybridized carbons (Fsp3) is 0.278. The Hall–Kier alpha value is -2.69. The first-order valence-electron chi connectivity index (χ1n) is 7.45. The van der Waals surface area contributed by atoms with Crippen LogP contribution in [0.2, 0.25) is 0 Å². The van der Waals surface area contributed by atoms with Gasteiger partial charge in [-0.25, -0.2) is 0 Å². The lowest BCUT2D eigenvalue weighted by molar-refractivity contribution is -0.127. The lowest BCUT2D eigenvalue weighted by Crippen LogP contribution is -2.37. The summed E-state index contributed by atoms with van der Waals surface area (Å²) in [7, 11) is 0. The third-order valence-electron chi connectivity index (χ3n) is 3.49. The number of hydrogen-bond acceptors (Lipinski definition) is 4. The Morgan fingerprint density at radius 1 is 1.13 bits per heavy atom. The second-order valence-corrected chi connectivity index (χ2v) is 5.35. The topological polar surface area (TPSA) is 68.3 Å². The molecule has 120 valence electrons. The number of hydrogen-bond donors (Lipinski definition) is 1. The standard InChI is InChI=1S/C18H20N2O3/c1-12(15-7-9-19-10-8-15)20-18(22)14(3)23-17-6-4-5-16(11-17)13(2)21/h4-12,14H,1-3H3,(H,20,22)/t12-,14-/m0/s1. The van der Waals surface area contributed by atoms with Crippen molar-refractivity contribution < 1.29 is 14.3 Å². The highest BCUT2D eigenvalue weighted by Gasteiger charge is 2.18. The summed E-state index contributed by atoms with van der Waals surface area (Å²) in [4.78, 5) is 27.6. The fourth-order valence-electron chi connectivity index (χ4n) is 2.11. The monoisotopic (exact) mass is 312 g/mol. The molecular weight excluding hydrogens is 292 g/mol. The minimum absolute atomic E-state index is 0.0427. The Bertz CT molecular complexity index is 686. The Balaban J connectivity index is 1.97. The highest BCUT2D eigenvalue weighted by molar-refractivity contribution is 5.94. The van der Waals surface area contributed by atoms with Gasteiger partial charge in [-0.3, -0.25) is 14.6 Å². The van der Waals surface area contributed by atoms with Crippen LogP contribution in [-0.2, 0) is 4.79 Å². The SMILES string of the molecule is CC(=O)c1cccc(O[C@@H](C)C(=O)N[C@@H](C)c2ccncc2)c1. The van der Waals surface area contributed by atoms with Gasteiger partial charge in [-0.05, 0) is 50.6 Å². The average molecular weight is 312 g/mol. The molecule has 1 aromatic heterocycles. The van der Waals surface area contributed by atoms with Crippen molar-refractivity contribution in [1.82, 2.24) is 10.3 Å². The first-order chi connectivity index (χ1) is 11.0. The molecule has 0 aliphatic rings. The first-order valence-corrected chi connectivity index (χ1v) is 7.45. The number of amides is 1. The van der Waals surface area contributed by atoms with Crippen LogP contribution < -0.4 is 10.1 Å². The molecule has 0 fully saturated rings. The molecule has 0 spiro atoms. The molecule has 0 saturated heterocycles. The summed E-state index contributed by atoms with van der Waals surface area (Å²) < 4.78 is 5.63. The van der Waals surface area contributed by atoms with Crippen molar-refractivity contribution in [2.24, 2.45) is 0 Å². The number of ketones is 1. The molecule has 1 amide bonds. The summed E-state index contributed by atoms with van der Waals surface area (Å²) >= 11 is 0. The number of rotatable bonds is 6. The second kappa shape index (κ2) is 7.54. The Labute approximate surface area is 135 Å². The van der Waals surface area contributed by atoms with E-state index < -0.39 is 6.10 Å². The number of carbonyl (C=O) groups excluding carboxylic acids is 2. The van der Waals surface area contributed by atoms with E-state index in [1.54, 1.807) is 43.6 Å². The minimum atomic E-state index is -0.665. The van der Waals surface area contributed by atoms with E-state index in [9.17, 15) is 9.59 Å². The van der Waals surface area contributed by atoms with Crippen molar-refractivity contribution in [2.75, 3.05) is 0 Å². The van der Waals surface area contributed by atoms with E-state index in [0.29, 0.717) is 11.3 Å². The van der Waals surface area contributed by atoms with Gasteiger partial charge in [0.25, 0.3) is 5.91 Å². The second-order valence-electron chi connectivity index (χ2n) is 5.35. The highest BCUT2D eigenvalue weighted by Crippen LogP contribution is 2.16. The van der Waals surface area contributed by atoms with Crippen LogP contribution in [0.15, 0.2) is 48.8 Å². The van der Waals surface area contributed by atoms with Crippen molar-refractivity contribution in [3.63, 3.8) is 0 Å². The van der Waals surface area contributed by atoms with Crippen molar-refractivity contribution in [3.05, 3.63) is 59.9 Å². The van der Waals surface area contributed by atoms with Crippen molar-refractivity contribution in [3.8, 4) is 5.75 Å². The van der Waals surface area contributed by atoms with E-state index in [2.05, 4.69) is 10.3 Å². The summed E-state index contributed by atoms with van der Waals surface area (Å²) in [5.41, 5.74) is 1.53. The maximum atomic E-state index is 12.2. The van der Waals surface area contributed by atoms with Gasteiger partial charge in [0.1, 0.15) is 5.75 Å². The third-order valence-corrected chi connectivity index (χ3v) is 3.49. The van der Waals surface area contributed by atoms with Crippen LogP contribution in [0.5, 0.6) is 5.75 Å². The van der Waals surface area contributed by atoms with Crippen LogP contribution in [0.1, 0.15) is 42.7 Å². The molecule has 0 unspecified atom stereocenters. The summed E-state index contributed by atoms with van der Waals surface area (Å²) in [6, 6.07) is 10.4. The Kier molecular flexibility index (Phi) is 5.46. The van der Waals surface area contributed by atoms with E-state index >= 15 is 0 Å². The van der Waals surface area contributed by atoms with E-state index in [-0.39, 0.29) is 17.7 Å². The number of aromatic nitrogens is 1. The van der Waals surface area contributed by atoms with Crippen LogP contribution in [0, 0.1) is 0 Å². The Morgan fingerprint density at radius 3 is 2.48 bits per heavy atom. The van der Waals surface area contributed by atoms with Crippen LogP contribution >= 0.6 is 0 Å². The molecule has 2 aromatic rings. The van der Waals surface area contributed by atoms with Crippen LogP contribution in [0.4, 0.5) is 0 Å². The molecule has 0 radical (unpaired) electrons. The van der Waals surface area contributed by atoms with Crippen LogP contribution in [-0.4, -0.2) is 22.8 Å². The molecule has 0 aliphatic carbocycles. The number of nitrogens with one attached hydrogen (secondary N) is 1. The molecule has 5 heteroatoms. The van der Waals surface area contributed by atoms with Crippen molar-refractivity contribution in [1.29, 1.82) is 0 Å². The first kappa shape index (κ1) is 16.7. The van der Waals surface area contributed by atoms with Crippen molar-refractivity contribution >= 4 is 11.7 Å². The zero-order chi connectivity index (χ0) is 16.8. The number of carbonyl (C=O) groups is 2. The summed E-state index contributed by atoms with van der Waals surface area (Å²) in [6.07, 6.45) is 2.71. The van der Waals surface area contributed by atoms with E-state index in [4.69, 9.17) is 4.74 Å². The van der Waals surface area contributed by atoms with Gasteiger partial charge < -0.3 is 10.1 Å². The van der Waals surface area contributed by atoms with E-state index in [0.717, 1.165) is 5.56 Å². The van der Waals surface area contributed by atoms with Gasteiger partial charge >= 0.3 is 0 Å². The van der Waals surface area contributed by atoms with E-state index in [1.807, 2.05) is 19.1 Å². The van der Waals surface area contributed by atoms with E-state index in [1.165, 1.54) is 6.92 Å². The van der Waals surface area contributed by atoms with Gasteiger partial charge in [-0.1, -0.05) is 12.1 Å². The smallest absolute Gasteiger partial charge is 0.261 e. The lowest BCUT2D eigenvalue weighted by Gasteiger charge is -2.19. The molecule has 0 saturated carbocycles. The van der Waals surface area contributed by atoms with Crippen LogP contribution in [0.3, 0.4) is 0 Å². The predicted molar refractivity (Wildman–Crippen MR) is 87.3 cm³/mol. The summed E-state index contributed by atoms with van der Waals surface area (Å²) in [6.45, 7) is 5.07. The lowest BCUT2D eigenvalue weighted by atomic mass is 10.1. The molecule has 0 bridgehead atoms. The minimum Gasteiger partial charge on any atom is -0.481 e. The zero-order valence-corrected chi connectivity index (χ0v) is 13.4. The maximum Gasteiger partial charge on any atom is 0.261 e. The van der Waals surface area contributed by atoms with Gasteiger partial charge in [0.05, 0.1) is 6.04 Å². The summed E-state index contributed by atoms with van der Waals surface area (Å²) in [5.74, 6) is 0.235. The largest absolute Gasteiger partial charge is 0.481 e. The van der Waals surface area contributed by atoms with Gasteiger partial charge in [0, 0.05) is 18.0 Å². The fourth-order valence-corrected chi connectivity index (χ4v) is 2.11. The van der Waals surface area contributed by atoms with Gasteiger partial charge in [0.2, 0.25) is 0 Å². The van der Waals surface area contributed by atoms with Gasteiger partial charge in [-0.15, -0.1) is 0 Å². The molecule has 5 nitrogen and oxygen atoms in total. The molecule has 0 aliphatic heterocycles. The Morgan fingerprint density at radius 2 is 1.83 bits per heavy atom. The quantitative estimate of drug-likeness (QED) is 0.833. The maximum absolute atomic E-state index is 12.2. The predicted octanol–water partition coefficient (Wildman–Crippen LogP) is 2.93.